The highest BCUT2D eigenvalue weighted by Crippen LogP contribution is 2.30. The number of hydrogen-bond acceptors (Lipinski definition) is 2. The molecule has 1 aromatic carbocycles. The number of fused-ring (bicyclic) bond motifs is 1. The van der Waals surface area contributed by atoms with Crippen LogP contribution in [0.25, 0.3) is 10.9 Å². The first kappa shape index (κ1) is 10.3. The van der Waals surface area contributed by atoms with Crippen molar-refractivity contribution in [3.8, 4) is 5.75 Å². The maximum atomic E-state index is 6.02. The van der Waals surface area contributed by atoms with E-state index in [1.807, 2.05) is 25.1 Å². The summed E-state index contributed by atoms with van der Waals surface area (Å²) in [5, 5.41) is 1.66. The highest BCUT2D eigenvalue weighted by atomic mass is 35.5. The van der Waals surface area contributed by atoms with Crippen molar-refractivity contribution >= 4 is 22.5 Å². The quantitative estimate of drug-likeness (QED) is 0.824. The van der Waals surface area contributed by atoms with Crippen LogP contribution in [-0.4, -0.2) is 12.1 Å². The third kappa shape index (κ3) is 1.80. The van der Waals surface area contributed by atoms with Crippen LogP contribution in [0.2, 0.25) is 5.02 Å². The van der Waals surface area contributed by atoms with Gasteiger partial charge >= 0.3 is 0 Å². The molecule has 0 bridgehead atoms. The fraction of sp³-hybridized carbons (Fsp3) is 0.273. The van der Waals surface area contributed by atoms with Crippen molar-refractivity contribution in [3.63, 3.8) is 0 Å². The van der Waals surface area contributed by atoms with E-state index in [9.17, 15) is 0 Å². The maximum Gasteiger partial charge on any atom is 0.138 e. The third-order valence-electron chi connectivity index (χ3n) is 2.40. The minimum absolute atomic E-state index is 0.0119. The second-order valence-electron chi connectivity index (χ2n) is 3.59. The molecule has 0 radical (unpaired) electrons. The number of methoxy groups -OCH3 is 1. The molecular formula is C11H13ClN2O. The zero-order valence-electron chi connectivity index (χ0n) is 8.67. The van der Waals surface area contributed by atoms with Gasteiger partial charge in [-0.05, 0) is 25.1 Å². The van der Waals surface area contributed by atoms with Crippen molar-refractivity contribution in [1.29, 1.82) is 0 Å². The van der Waals surface area contributed by atoms with E-state index in [-0.39, 0.29) is 6.04 Å². The molecule has 3 N–H and O–H groups in total. The molecule has 0 aliphatic heterocycles. The fourth-order valence-electron chi connectivity index (χ4n) is 1.56. The van der Waals surface area contributed by atoms with Crippen LogP contribution in [0.3, 0.4) is 0 Å². The van der Waals surface area contributed by atoms with Crippen molar-refractivity contribution in [1.82, 2.24) is 4.98 Å². The number of aromatic amines is 1. The number of H-pyrrole nitrogens is 1. The monoisotopic (exact) mass is 224 g/mol. The molecule has 0 fully saturated rings. The van der Waals surface area contributed by atoms with Gasteiger partial charge in [0.1, 0.15) is 5.75 Å². The number of rotatable bonds is 2. The molecule has 0 saturated heterocycles. The molecule has 1 unspecified atom stereocenters. The highest BCUT2D eigenvalue weighted by Gasteiger charge is 2.08. The van der Waals surface area contributed by atoms with E-state index >= 15 is 0 Å². The lowest BCUT2D eigenvalue weighted by atomic mass is 10.2. The smallest absolute Gasteiger partial charge is 0.138 e. The van der Waals surface area contributed by atoms with Crippen LogP contribution in [0.15, 0.2) is 18.2 Å². The molecule has 0 spiro atoms. The SMILES string of the molecule is COc1cc2cc(C(C)N)[nH]c2cc1Cl. The van der Waals surface area contributed by atoms with Crippen LogP contribution in [-0.2, 0) is 0 Å². The average Bonchev–Trinajstić information content (AvgIpc) is 2.59. The van der Waals surface area contributed by atoms with E-state index in [1.165, 1.54) is 0 Å². The molecule has 3 nitrogen and oxygen atoms in total. The molecule has 2 rings (SSSR count). The van der Waals surface area contributed by atoms with Crippen LogP contribution in [0.5, 0.6) is 5.75 Å². The summed E-state index contributed by atoms with van der Waals surface area (Å²) in [6.07, 6.45) is 0. The Bertz CT molecular complexity index is 491. The Kier molecular flexibility index (Phi) is 2.59. The van der Waals surface area contributed by atoms with Crippen LogP contribution in [0, 0.1) is 0 Å². The number of benzene rings is 1. The Labute approximate surface area is 93.2 Å². The molecule has 0 aliphatic carbocycles. The van der Waals surface area contributed by atoms with E-state index in [0.29, 0.717) is 10.8 Å². The van der Waals surface area contributed by atoms with Gasteiger partial charge in [0.2, 0.25) is 0 Å². The van der Waals surface area contributed by atoms with Gasteiger partial charge in [0, 0.05) is 22.6 Å². The summed E-state index contributed by atoms with van der Waals surface area (Å²) in [5.74, 6) is 0.680. The first-order chi connectivity index (χ1) is 7.11. The number of halogens is 1. The van der Waals surface area contributed by atoms with E-state index in [0.717, 1.165) is 16.6 Å². The predicted octanol–water partition coefficient (Wildman–Crippen LogP) is 2.85. The lowest BCUT2D eigenvalue weighted by Gasteiger charge is -2.01. The van der Waals surface area contributed by atoms with Crippen LogP contribution in [0.1, 0.15) is 18.7 Å². The summed E-state index contributed by atoms with van der Waals surface area (Å²) in [5.41, 5.74) is 7.77. The first-order valence-corrected chi connectivity index (χ1v) is 5.11. The molecule has 2 aromatic rings. The van der Waals surface area contributed by atoms with Gasteiger partial charge in [-0.2, -0.15) is 0 Å². The topological polar surface area (TPSA) is 51.0 Å². The van der Waals surface area contributed by atoms with E-state index in [1.54, 1.807) is 7.11 Å². The van der Waals surface area contributed by atoms with Crippen LogP contribution < -0.4 is 10.5 Å². The van der Waals surface area contributed by atoms with Gasteiger partial charge in [0.05, 0.1) is 12.1 Å². The standard InChI is InChI=1S/C11H13ClN2O/c1-6(13)9-3-7-4-11(15-2)8(12)5-10(7)14-9/h3-6,14H,13H2,1-2H3. The van der Waals surface area contributed by atoms with Crippen LogP contribution in [0.4, 0.5) is 0 Å². The van der Waals surface area contributed by atoms with Crippen molar-refractivity contribution in [2.45, 2.75) is 13.0 Å². The average molecular weight is 225 g/mol. The summed E-state index contributed by atoms with van der Waals surface area (Å²) < 4.78 is 5.15. The minimum Gasteiger partial charge on any atom is -0.495 e. The summed E-state index contributed by atoms with van der Waals surface area (Å²) in [6.45, 7) is 1.93. The van der Waals surface area contributed by atoms with Gasteiger partial charge in [-0.15, -0.1) is 0 Å². The molecule has 0 saturated carbocycles. The van der Waals surface area contributed by atoms with Crippen molar-refractivity contribution in [3.05, 3.63) is 28.9 Å². The Balaban J connectivity index is 2.61. The van der Waals surface area contributed by atoms with Crippen molar-refractivity contribution in [2.24, 2.45) is 5.73 Å². The van der Waals surface area contributed by atoms with Gasteiger partial charge in [-0.25, -0.2) is 0 Å². The third-order valence-corrected chi connectivity index (χ3v) is 2.70. The van der Waals surface area contributed by atoms with Crippen molar-refractivity contribution in [2.75, 3.05) is 7.11 Å². The van der Waals surface area contributed by atoms with Gasteiger partial charge in [-0.3, -0.25) is 0 Å². The maximum absolute atomic E-state index is 6.02. The Hall–Kier alpha value is -1.19. The lowest BCUT2D eigenvalue weighted by Crippen LogP contribution is -2.04. The minimum atomic E-state index is -0.0119. The zero-order chi connectivity index (χ0) is 11.0. The van der Waals surface area contributed by atoms with E-state index in [2.05, 4.69) is 4.98 Å². The van der Waals surface area contributed by atoms with Crippen molar-refractivity contribution < 1.29 is 4.74 Å². The highest BCUT2D eigenvalue weighted by molar-refractivity contribution is 6.32. The summed E-state index contributed by atoms with van der Waals surface area (Å²) in [4.78, 5) is 3.22. The second-order valence-corrected chi connectivity index (χ2v) is 3.99. The number of aromatic nitrogens is 1. The van der Waals surface area contributed by atoms with E-state index < -0.39 is 0 Å². The fourth-order valence-corrected chi connectivity index (χ4v) is 1.80. The zero-order valence-corrected chi connectivity index (χ0v) is 9.43. The summed E-state index contributed by atoms with van der Waals surface area (Å²) in [7, 11) is 1.60. The number of ether oxygens (including phenoxy) is 1. The molecule has 15 heavy (non-hydrogen) atoms. The largest absolute Gasteiger partial charge is 0.495 e. The Morgan fingerprint density at radius 3 is 2.73 bits per heavy atom. The van der Waals surface area contributed by atoms with E-state index in [4.69, 9.17) is 22.1 Å². The Morgan fingerprint density at radius 2 is 2.13 bits per heavy atom. The number of hydrogen-bond donors (Lipinski definition) is 2. The predicted molar refractivity (Wildman–Crippen MR) is 62.5 cm³/mol. The normalized spacial score (nSPS) is 13.1. The molecule has 1 atom stereocenters. The first-order valence-electron chi connectivity index (χ1n) is 4.73. The number of nitrogens with one attached hydrogen (secondary N) is 1. The van der Waals surface area contributed by atoms with Gasteiger partial charge in [-0.1, -0.05) is 11.6 Å². The molecule has 4 heteroatoms. The van der Waals surface area contributed by atoms with Gasteiger partial charge in [0.25, 0.3) is 0 Å². The summed E-state index contributed by atoms with van der Waals surface area (Å²) >= 11 is 6.02. The molecule has 0 aliphatic rings. The molecule has 80 valence electrons. The molecule has 1 aromatic heterocycles. The second kappa shape index (κ2) is 3.76. The number of nitrogens with two attached hydrogens (primary N) is 1. The summed E-state index contributed by atoms with van der Waals surface area (Å²) in [6, 6.07) is 5.75. The molecular weight excluding hydrogens is 212 g/mol. The lowest BCUT2D eigenvalue weighted by molar-refractivity contribution is 0.415. The van der Waals surface area contributed by atoms with Gasteiger partial charge < -0.3 is 15.5 Å². The molecule has 1 heterocycles. The molecule has 0 amide bonds. The van der Waals surface area contributed by atoms with Crippen LogP contribution >= 0.6 is 11.6 Å². The van der Waals surface area contributed by atoms with Gasteiger partial charge in [0.15, 0.2) is 0 Å². The Morgan fingerprint density at radius 1 is 1.40 bits per heavy atom.